The minimum atomic E-state index is -0.967. The molecule has 0 aliphatic heterocycles. The van der Waals surface area contributed by atoms with Crippen LogP contribution in [-0.2, 0) is 6.42 Å². The van der Waals surface area contributed by atoms with Crippen molar-refractivity contribution in [2.75, 3.05) is 0 Å². The number of fused-ring (bicyclic) bond motifs is 2. The van der Waals surface area contributed by atoms with E-state index in [4.69, 9.17) is 4.42 Å². The summed E-state index contributed by atoms with van der Waals surface area (Å²) in [5.41, 5.74) is 7.20. The molecule has 1 aliphatic carbocycles. The van der Waals surface area contributed by atoms with Crippen LogP contribution in [0, 0.1) is 13.8 Å². The quantitative estimate of drug-likeness (QED) is 0.348. The maximum atomic E-state index is 13.5. The van der Waals surface area contributed by atoms with Crippen LogP contribution in [0.15, 0.2) is 69.9 Å². The molecule has 0 spiro atoms. The smallest absolute Gasteiger partial charge is 0.335 e. The van der Waals surface area contributed by atoms with Gasteiger partial charge in [0.25, 0.3) is 0 Å². The molecule has 3 aromatic carbocycles. The van der Waals surface area contributed by atoms with Gasteiger partial charge in [-0.2, -0.15) is 0 Å². The first-order valence-corrected chi connectivity index (χ1v) is 12.4. The van der Waals surface area contributed by atoms with Crippen molar-refractivity contribution in [3.05, 3.63) is 104 Å². The van der Waals surface area contributed by atoms with E-state index >= 15 is 0 Å². The zero-order valence-corrected chi connectivity index (χ0v) is 20.8. The molecular formula is C31H28BO4. The largest absolute Gasteiger partial charge is 0.478 e. The SMILES string of the molecule is Cc1cc(C(C)[B]c2ccccc2C(=O)O)c2oc(-c3ccc4c(c3)CCCC=C4)c(C)c(=O)c2c1. The van der Waals surface area contributed by atoms with Crippen molar-refractivity contribution in [3.63, 3.8) is 0 Å². The fraction of sp³-hybridized carbons (Fsp3) is 0.226. The van der Waals surface area contributed by atoms with Crippen LogP contribution in [-0.4, -0.2) is 18.4 Å². The molecular weight excluding hydrogens is 447 g/mol. The Bertz CT molecular complexity index is 1580. The van der Waals surface area contributed by atoms with Gasteiger partial charge >= 0.3 is 5.97 Å². The van der Waals surface area contributed by atoms with E-state index in [0.717, 1.165) is 36.0 Å². The predicted molar refractivity (Wildman–Crippen MR) is 147 cm³/mol. The summed E-state index contributed by atoms with van der Waals surface area (Å²) < 4.78 is 6.55. The lowest BCUT2D eigenvalue weighted by Gasteiger charge is -2.17. The van der Waals surface area contributed by atoms with Crippen LogP contribution in [0.5, 0.6) is 0 Å². The highest BCUT2D eigenvalue weighted by atomic mass is 16.4. The summed E-state index contributed by atoms with van der Waals surface area (Å²) in [5.74, 6) is -0.554. The zero-order valence-electron chi connectivity index (χ0n) is 20.8. The van der Waals surface area contributed by atoms with Crippen LogP contribution >= 0.6 is 0 Å². The molecule has 1 unspecified atom stereocenters. The Balaban J connectivity index is 1.65. The lowest BCUT2D eigenvalue weighted by molar-refractivity contribution is 0.0698. The molecule has 0 bridgehead atoms. The van der Waals surface area contributed by atoms with Gasteiger partial charge in [-0.3, -0.25) is 4.79 Å². The molecule has 5 heteroatoms. The van der Waals surface area contributed by atoms with Crippen molar-refractivity contribution in [1.82, 2.24) is 0 Å². The van der Waals surface area contributed by atoms with Crippen molar-refractivity contribution >= 4 is 35.8 Å². The first-order chi connectivity index (χ1) is 17.3. The topological polar surface area (TPSA) is 67.5 Å². The number of aryl methyl sites for hydroxylation is 2. The van der Waals surface area contributed by atoms with E-state index < -0.39 is 5.97 Å². The fourth-order valence-electron chi connectivity index (χ4n) is 5.12. The van der Waals surface area contributed by atoms with Crippen molar-refractivity contribution < 1.29 is 14.3 Å². The van der Waals surface area contributed by atoms with Gasteiger partial charge in [-0.05, 0) is 79.4 Å². The highest BCUT2D eigenvalue weighted by molar-refractivity contribution is 6.57. The third-order valence-corrected chi connectivity index (χ3v) is 7.02. The van der Waals surface area contributed by atoms with E-state index in [1.165, 1.54) is 11.1 Å². The van der Waals surface area contributed by atoms with Gasteiger partial charge in [0.15, 0.2) is 12.7 Å². The second-order valence-corrected chi connectivity index (χ2v) is 9.67. The predicted octanol–water partition coefficient (Wildman–Crippen LogP) is 6.22. The molecule has 1 heterocycles. The molecule has 0 saturated carbocycles. The Labute approximate surface area is 211 Å². The summed E-state index contributed by atoms with van der Waals surface area (Å²) in [5, 5.41) is 10.2. The number of rotatable bonds is 5. The highest BCUT2D eigenvalue weighted by Crippen LogP contribution is 2.33. The number of allylic oxidation sites excluding steroid dienone is 1. The molecule has 1 aliphatic rings. The third-order valence-electron chi connectivity index (χ3n) is 7.02. The van der Waals surface area contributed by atoms with Gasteiger partial charge in [0.05, 0.1) is 10.9 Å². The van der Waals surface area contributed by atoms with Crippen LogP contribution in [0.3, 0.4) is 0 Å². The first kappa shape index (κ1) is 23.9. The van der Waals surface area contributed by atoms with E-state index in [9.17, 15) is 14.7 Å². The van der Waals surface area contributed by atoms with Crippen molar-refractivity contribution in [2.24, 2.45) is 0 Å². The van der Waals surface area contributed by atoms with Gasteiger partial charge in [-0.25, -0.2) is 4.79 Å². The maximum Gasteiger partial charge on any atom is 0.335 e. The lowest BCUT2D eigenvalue weighted by atomic mass is 9.56. The average Bonchev–Trinajstić information content (AvgIpc) is 3.11. The molecule has 0 amide bonds. The second-order valence-electron chi connectivity index (χ2n) is 9.67. The van der Waals surface area contributed by atoms with Crippen molar-refractivity contribution in [2.45, 2.75) is 45.9 Å². The second kappa shape index (κ2) is 9.65. The van der Waals surface area contributed by atoms with Gasteiger partial charge in [0.2, 0.25) is 0 Å². The lowest BCUT2D eigenvalue weighted by Crippen LogP contribution is -2.26. The molecule has 0 saturated heterocycles. The molecule has 36 heavy (non-hydrogen) atoms. The Hall–Kier alpha value is -3.86. The molecule has 1 atom stereocenters. The summed E-state index contributed by atoms with van der Waals surface area (Å²) >= 11 is 0. The maximum absolute atomic E-state index is 13.5. The van der Waals surface area contributed by atoms with Crippen molar-refractivity contribution in [3.8, 4) is 11.3 Å². The Morgan fingerprint density at radius 2 is 1.89 bits per heavy atom. The number of aromatic carboxylic acids is 1. The Morgan fingerprint density at radius 3 is 2.69 bits per heavy atom. The standard InChI is InChI=1S/C31H28BO4/c1-18-15-25(20(3)32-27-12-8-7-11-24(27)31(34)35)30-26(16-18)28(33)19(2)29(36-30)23-14-13-21-9-5-4-6-10-22(21)17-23/h5,7-9,11-17,20H,4,6,10H2,1-3H3,(H,34,35). The van der Waals surface area contributed by atoms with Crippen molar-refractivity contribution in [1.29, 1.82) is 0 Å². The van der Waals surface area contributed by atoms with Gasteiger partial charge in [-0.15, -0.1) is 0 Å². The minimum Gasteiger partial charge on any atom is -0.478 e. The van der Waals surface area contributed by atoms with E-state index in [1.54, 1.807) is 18.2 Å². The molecule has 1 N–H and O–H groups in total. The highest BCUT2D eigenvalue weighted by Gasteiger charge is 2.21. The molecule has 1 aromatic heterocycles. The van der Waals surface area contributed by atoms with Crippen LogP contribution in [0.2, 0.25) is 0 Å². The van der Waals surface area contributed by atoms with E-state index in [0.29, 0.717) is 27.8 Å². The summed E-state index contributed by atoms with van der Waals surface area (Å²) in [7, 11) is 1.92. The van der Waals surface area contributed by atoms with E-state index in [2.05, 4.69) is 24.3 Å². The number of hydrogen-bond donors (Lipinski definition) is 1. The average molecular weight is 475 g/mol. The van der Waals surface area contributed by atoms with Crippen LogP contribution in [0.4, 0.5) is 0 Å². The number of hydrogen-bond acceptors (Lipinski definition) is 3. The third kappa shape index (κ3) is 4.42. The van der Waals surface area contributed by atoms with Gasteiger partial charge in [0, 0.05) is 11.1 Å². The zero-order chi connectivity index (χ0) is 25.4. The molecule has 5 rings (SSSR count). The number of carboxylic acid groups (broad SMARTS) is 1. The summed E-state index contributed by atoms with van der Waals surface area (Å²) in [6.45, 7) is 5.79. The van der Waals surface area contributed by atoms with Gasteiger partial charge in [-0.1, -0.05) is 60.9 Å². The van der Waals surface area contributed by atoms with Gasteiger partial charge in [0.1, 0.15) is 11.3 Å². The fourth-order valence-corrected chi connectivity index (χ4v) is 5.12. The van der Waals surface area contributed by atoms with Crippen LogP contribution in [0.25, 0.3) is 28.4 Å². The molecule has 4 aromatic rings. The number of carbonyl (C=O) groups is 1. The molecule has 4 nitrogen and oxygen atoms in total. The summed E-state index contributed by atoms with van der Waals surface area (Å²) in [4.78, 5) is 25.3. The number of carboxylic acids is 1. The summed E-state index contributed by atoms with van der Waals surface area (Å²) in [6.07, 6.45) is 7.54. The Kier molecular flexibility index (Phi) is 6.40. The molecule has 0 fully saturated rings. The van der Waals surface area contributed by atoms with Gasteiger partial charge < -0.3 is 9.52 Å². The molecule has 1 radical (unpaired) electrons. The normalized spacial score (nSPS) is 13.8. The van der Waals surface area contributed by atoms with E-state index in [1.807, 2.05) is 52.3 Å². The van der Waals surface area contributed by atoms with Crippen LogP contribution in [0.1, 0.15) is 63.8 Å². The monoisotopic (exact) mass is 475 g/mol. The van der Waals surface area contributed by atoms with E-state index in [-0.39, 0.29) is 16.8 Å². The first-order valence-electron chi connectivity index (χ1n) is 12.4. The molecule has 179 valence electrons. The minimum absolute atomic E-state index is 0.0378. The van der Waals surface area contributed by atoms with Crippen LogP contribution < -0.4 is 10.9 Å². The Morgan fingerprint density at radius 1 is 1.08 bits per heavy atom. The summed E-state index contributed by atoms with van der Waals surface area (Å²) in [6, 6.07) is 17.1. The number of benzene rings is 3.